The molecule has 29 heavy (non-hydrogen) atoms. The van der Waals surface area contributed by atoms with Crippen LogP contribution in [-0.4, -0.2) is 4.98 Å². The maximum atomic E-state index is 5.09. The summed E-state index contributed by atoms with van der Waals surface area (Å²) in [6.07, 6.45) is 0. The standard InChI is InChI=1S/C28H21N/c1-20-12-17-26(23-10-6-3-7-11-23)28-25(20)18-19-27(29-28)24-15-13-22(14-16-24)21-8-4-2-5-9-21/h2-19H,1H3. The summed E-state index contributed by atoms with van der Waals surface area (Å²) >= 11 is 0. The molecule has 1 nitrogen and oxygen atoms in total. The van der Waals surface area contributed by atoms with E-state index < -0.39 is 0 Å². The molecule has 1 heteroatoms. The summed E-state index contributed by atoms with van der Waals surface area (Å²) in [4.78, 5) is 5.09. The van der Waals surface area contributed by atoms with Crippen molar-refractivity contribution in [2.75, 3.05) is 0 Å². The molecule has 0 aliphatic heterocycles. The van der Waals surface area contributed by atoms with Crippen molar-refractivity contribution in [3.63, 3.8) is 0 Å². The lowest BCUT2D eigenvalue weighted by molar-refractivity contribution is 1.38. The van der Waals surface area contributed by atoms with E-state index in [1.807, 2.05) is 12.1 Å². The Balaban J connectivity index is 1.61. The molecule has 0 radical (unpaired) electrons. The predicted molar refractivity (Wildman–Crippen MR) is 123 cm³/mol. The normalized spacial score (nSPS) is 10.9. The zero-order valence-corrected chi connectivity index (χ0v) is 16.3. The summed E-state index contributed by atoms with van der Waals surface area (Å²) < 4.78 is 0. The van der Waals surface area contributed by atoms with Gasteiger partial charge in [0.25, 0.3) is 0 Å². The lowest BCUT2D eigenvalue weighted by Gasteiger charge is -2.11. The van der Waals surface area contributed by atoms with Crippen LogP contribution in [-0.2, 0) is 0 Å². The van der Waals surface area contributed by atoms with Crippen LogP contribution in [0.15, 0.2) is 109 Å². The Bertz CT molecular complexity index is 1270. The van der Waals surface area contributed by atoms with E-state index in [2.05, 4.69) is 104 Å². The van der Waals surface area contributed by atoms with Crippen LogP contribution in [0.5, 0.6) is 0 Å². The lowest BCUT2D eigenvalue weighted by Crippen LogP contribution is -1.91. The third kappa shape index (κ3) is 3.32. The Labute approximate surface area is 171 Å². The molecular formula is C28H21N. The molecule has 0 spiro atoms. The van der Waals surface area contributed by atoms with Crippen LogP contribution in [0.3, 0.4) is 0 Å². The number of nitrogens with zero attached hydrogens (tertiary/aromatic N) is 1. The van der Waals surface area contributed by atoms with Gasteiger partial charge in [-0.1, -0.05) is 103 Å². The van der Waals surface area contributed by atoms with E-state index in [1.54, 1.807) is 0 Å². The molecular weight excluding hydrogens is 350 g/mol. The van der Waals surface area contributed by atoms with Crippen LogP contribution < -0.4 is 0 Å². The molecule has 4 aromatic carbocycles. The molecule has 0 aliphatic carbocycles. The molecule has 0 N–H and O–H groups in total. The average Bonchev–Trinajstić information content (AvgIpc) is 2.80. The van der Waals surface area contributed by atoms with Crippen molar-refractivity contribution < 1.29 is 0 Å². The fourth-order valence-corrected chi connectivity index (χ4v) is 3.84. The molecule has 0 unspecified atom stereocenters. The number of hydrogen-bond acceptors (Lipinski definition) is 1. The molecule has 0 amide bonds. The molecule has 5 rings (SSSR count). The van der Waals surface area contributed by atoms with Crippen LogP contribution >= 0.6 is 0 Å². The smallest absolute Gasteiger partial charge is 0.0790 e. The number of fused-ring (bicyclic) bond motifs is 1. The Hall–Kier alpha value is -3.71. The number of rotatable bonds is 3. The summed E-state index contributed by atoms with van der Waals surface area (Å²) in [6.45, 7) is 2.15. The van der Waals surface area contributed by atoms with E-state index in [4.69, 9.17) is 4.98 Å². The van der Waals surface area contributed by atoms with E-state index in [-0.39, 0.29) is 0 Å². The summed E-state index contributed by atoms with van der Waals surface area (Å²) in [7, 11) is 0. The average molecular weight is 371 g/mol. The second-order valence-corrected chi connectivity index (χ2v) is 7.33. The molecule has 1 heterocycles. The van der Waals surface area contributed by atoms with Crippen molar-refractivity contribution in [1.82, 2.24) is 4.98 Å². The zero-order valence-electron chi connectivity index (χ0n) is 16.3. The fourth-order valence-electron chi connectivity index (χ4n) is 3.84. The molecule has 0 fully saturated rings. The van der Waals surface area contributed by atoms with Gasteiger partial charge in [-0.25, -0.2) is 4.98 Å². The Morgan fingerprint density at radius 3 is 1.76 bits per heavy atom. The lowest BCUT2D eigenvalue weighted by atomic mass is 9.98. The van der Waals surface area contributed by atoms with Gasteiger partial charge >= 0.3 is 0 Å². The van der Waals surface area contributed by atoms with Crippen molar-refractivity contribution in [3.05, 3.63) is 115 Å². The fraction of sp³-hybridized carbons (Fsp3) is 0.0357. The van der Waals surface area contributed by atoms with Gasteiger partial charge in [-0.2, -0.15) is 0 Å². The number of aryl methyl sites for hydroxylation is 1. The van der Waals surface area contributed by atoms with E-state index in [9.17, 15) is 0 Å². The van der Waals surface area contributed by atoms with Gasteiger partial charge in [0.15, 0.2) is 0 Å². The first-order valence-electron chi connectivity index (χ1n) is 9.91. The van der Waals surface area contributed by atoms with Crippen LogP contribution in [0.4, 0.5) is 0 Å². The number of hydrogen-bond donors (Lipinski definition) is 0. The number of aromatic nitrogens is 1. The summed E-state index contributed by atoms with van der Waals surface area (Å²) in [6, 6.07) is 38.3. The molecule has 1 aromatic heterocycles. The summed E-state index contributed by atoms with van der Waals surface area (Å²) in [5, 5.41) is 1.20. The van der Waals surface area contributed by atoms with E-state index in [0.29, 0.717) is 0 Å². The highest BCUT2D eigenvalue weighted by molar-refractivity contribution is 5.96. The monoisotopic (exact) mass is 371 g/mol. The van der Waals surface area contributed by atoms with Gasteiger partial charge in [-0.3, -0.25) is 0 Å². The van der Waals surface area contributed by atoms with Gasteiger partial charge in [0.05, 0.1) is 11.2 Å². The highest BCUT2D eigenvalue weighted by Crippen LogP contribution is 2.32. The highest BCUT2D eigenvalue weighted by Gasteiger charge is 2.10. The topological polar surface area (TPSA) is 12.9 Å². The number of benzene rings is 4. The quantitative estimate of drug-likeness (QED) is 0.319. The second-order valence-electron chi connectivity index (χ2n) is 7.33. The Kier molecular flexibility index (Phi) is 4.42. The molecule has 0 saturated heterocycles. The summed E-state index contributed by atoms with van der Waals surface area (Å²) in [5.41, 5.74) is 9.25. The SMILES string of the molecule is Cc1ccc(-c2ccccc2)c2nc(-c3ccc(-c4ccccc4)cc3)ccc12. The van der Waals surface area contributed by atoms with Crippen molar-refractivity contribution in [2.24, 2.45) is 0 Å². The van der Waals surface area contributed by atoms with Gasteiger partial charge in [0.1, 0.15) is 0 Å². The van der Waals surface area contributed by atoms with Crippen LogP contribution in [0.2, 0.25) is 0 Å². The first-order chi connectivity index (χ1) is 14.3. The highest BCUT2D eigenvalue weighted by atomic mass is 14.7. The minimum absolute atomic E-state index is 1.000. The third-order valence-corrected chi connectivity index (χ3v) is 5.45. The first kappa shape index (κ1) is 17.4. The Morgan fingerprint density at radius 2 is 1.07 bits per heavy atom. The summed E-state index contributed by atoms with van der Waals surface area (Å²) in [5.74, 6) is 0. The second kappa shape index (κ2) is 7.37. The van der Waals surface area contributed by atoms with Gasteiger partial charge in [-0.05, 0) is 35.2 Å². The molecule has 0 saturated carbocycles. The van der Waals surface area contributed by atoms with Crippen LogP contribution in [0.1, 0.15) is 5.56 Å². The minimum atomic E-state index is 1.000. The van der Waals surface area contributed by atoms with Crippen LogP contribution in [0, 0.1) is 6.92 Å². The first-order valence-corrected chi connectivity index (χ1v) is 9.91. The largest absolute Gasteiger partial charge is 0.247 e. The maximum absolute atomic E-state index is 5.09. The van der Waals surface area contributed by atoms with Gasteiger partial charge < -0.3 is 0 Å². The van der Waals surface area contributed by atoms with Gasteiger partial charge in [0.2, 0.25) is 0 Å². The maximum Gasteiger partial charge on any atom is 0.0790 e. The van der Waals surface area contributed by atoms with Gasteiger partial charge in [-0.15, -0.1) is 0 Å². The van der Waals surface area contributed by atoms with Crippen molar-refractivity contribution in [2.45, 2.75) is 6.92 Å². The van der Waals surface area contributed by atoms with Crippen molar-refractivity contribution >= 4 is 10.9 Å². The molecule has 5 aromatic rings. The molecule has 0 aliphatic rings. The molecule has 0 bridgehead atoms. The van der Waals surface area contributed by atoms with Crippen LogP contribution in [0.25, 0.3) is 44.4 Å². The third-order valence-electron chi connectivity index (χ3n) is 5.45. The zero-order chi connectivity index (χ0) is 19.6. The van der Waals surface area contributed by atoms with E-state index >= 15 is 0 Å². The van der Waals surface area contributed by atoms with Crippen molar-refractivity contribution in [1.29, 1.82) is 0 Å². The van der Waals surface area contributed by atoms with Gasteiger partial charge in [0, 0.05) is 16.5 Å². The predicted octanol–water partition coefficient (Wildman–Crippen LogP) is 7.54. The van der Waals surface area contributed by atoms with E-state index in [1.165, 1.54) is 33.2 Å². The Morgan fingerprint density at radius 1 is 0.483 bits per heavy atom. The van der Waals surface area contributed by atoms with Crippen molar-refractivity contribution in [3.8, 4) is 33.5 Å². The number of pyridine rings is 1. The molecule has 138 valence electrons. The minimum Gasteiger partial charge on any atom is -0.247 e. The van der Waals surface area contributed by atoms with E-state index in [0.717, 1.165) is 16.8 Å². The molecule has 0 atom stereocenters.